The summed E-state index contributed by atoms with van der Waals surface area (Å²) in [5, 5.41) is 3.04. The monoisotopic (exact) mass is 393 g/mol. The fourth-order valence-electron chi connectivity index (χ4n) is 2.89. The van der Waals surface area contributed by atoms with Crippen LogP contribution in [-0.4, -0.2) is 13.0 Å². The van der Waals surface area contributed by atoms with Gasteiger partial charge in [-0.1, -0.05) is 88.4 Å². The van der Waals surface area contributed by atoms with Crippen molar-refractivity contribution in [1.82, 2.24) is 5.32 Å². The van der Waals surface area contributed by atoms with E-state index in [0.29, 0.717) is 0 Å². The average molecular weight is 394 g/mol. The number of hydrogen-bond acceptors (Lipinski definition) is 2. The van der Waals surface area contributed by atoms with E-state index in [1.54, 1.807) is 7.11 Å². The van der Waals surface area contributed by atoms with Gasteiger partial charge in [-0.05, 0) is 36.6 Å². The maximum atomic E-state index is 12.3. The van der Waals surface area contributed by atoms with E-state index in [-0.39, 0.29) is 11.3 Å². The summed E-state index contributed by atoms with van der Waals surface area (Å²) in [7, 11) is 1.66. The van der Waals surface area contributed by atoms with Crippen molar-refractivity contribution in [3.05, 3.63) is 90.2 Å². The van der Waals surface area contributed by atoms with Gasteiger partial charge in [0, 0.05) is 12.1 Å². The molecule has 1 amide bonds. The van der Waals surface area contributed by atoms with Crippen molar-refractivity contribution in [1.29, 1.82) is 0 Å². The Labute approximate surface area is 176 Å². The first-order valence-electron chi connectivity index (χ1n) is 10.6. The number of hydrogen-bond donors (Lipinski definition) is 1. The Morgan fingerprint density at radius 1 is 0.897 bits per heavy atom. The molecule has 0 aliphatic heterocycles. The largest absolute Gasteiger partial charge is 0.497 e. The smallest absolute Gasteiger partial charge is 0.234 e. The molecule has 2 aliphatic carbocycles. The zero-order valence-electron chi connectivity index (χ0n) is 18.4. The number of rotatable bonds is 4. The number of benzene rings is 2. The van der Waals surface area contributed by atoms with Crippen LogP contribution in [0, 0.1) is 0 Å². The standard InChI is InChI=1S/C15H15NO.C7H8O.2C2H6/c17-14(16-13-8-4-5-9-13)15(10-11-15)12-6-2-1-3-7-12;1-8-7-5-3-2-4-6-7;2*1-2/h1-8H,9-11H2,(H,16,17);2-6H,1H3;2*1-2H3. The molecule has 0 aromatic heterocycles. The average Bonchev–Trinajstić information content (AvgIpc) is 3.48. The normalized spacial score (nSPS) is 14.4. The van der Waals surface area contributed by atoms with Crippen LogP contribution in [0.25, 0.3) is 0 Å². The van der Waals surface area contributed by atoms with Crippen LogP contribution in [0.1, 0.15) is 52.5 Å². The van der Waals surface area contributed by atoms with Crippen LogP contribution in [0.3, 0.4) is 0 Å². The Morgan fingerprint density at radius 3 is 1.86 bits per heavy atom. The van der Waals surface area contributed by atoms with E-state index in [1.165, 1.54) is 0 Å². The lowest BCUT2D eigenvalue weighted by Gasteiger charge is -2.16. The predicted octanol–water partition coefficient (Wildman–Crippen LogP) is 6.43. The van der Waals surface area contributed by atoms with Gasteiger partial charge in [-0.15, -0.1) is 0 Å². The number of para-hydroxylation sites is 1. The second-order valence-electron chi connectivity index (χ2n) is 6.24. The molecule has 3 heteroatoms. The molecule has 1 fully saturated rings. The zero-order chi connectivity index (χ0) is 21.5. The first-order valence-corrected chi connectivity index (χ1v) is 10.6. The van der Waals surface area contributed by atoms with E-state index in [9.17, 15) is 4.79 Å². The summed E-state index contributed by atoms with van der Waals surface area (Å²) in [4.78, 5) is 12.3. The van der Waals surface area contributed by atoms with Gasteiger partial charge in [0.1, 0.15) is 5.75 Å². The highest BCUT2D eigenvalue weighted by Gasteiger charge is 2.51. The number of ether oxygens (including phenoxy) is 1. The lowest BCUT2D eigenvalue weighted by Crippen LogP contribution is -2.33. The van der Waals surface area contributed by atoms with Crippen molar-refractivity contribution in [3.63, 3.8) is 0 Å². The fraction of sp³-hybridized carbons (Fsp3) is 0.346. The minimum atomic E-state index is -0.259. The Balaban J connectivity index is 0.000000296. The van der Waals surface area contributed by atoms with Crippen molar-refractivity contribution < 1.29 is 9.53 Å². The summed E-state index contributed by atoms with van der Waals surface area (Å²) in [6.45, 7) is 8.00. The Kier molecular flexibility index (Phi) is 11.2. The summed E-state index contributed by atoms with van der Waals surface area (Å²) in [6.07, 6.45) is 8.78. The van der Waals surface area contributed by atoms with E-state index in [2.05, 4.69) is 11.4 Å². The molecule has 0 spiro atoms. The molecule has 156 valence electrons. The van der Waals surface area contributed by atoms with Crippen LogP contribution in [0.15, 0.2) is 84.6 Å². The first-order chi connectivity index (χ1) is 14.2. The minimum Gasteiger partial charge on any atom is -0.497 e. The molecule has 4 rings (SSSR count). The Hall–Kier alpha value is -2.81. The third-order valence-electron chi connectivity index (χ3n) is 4.54. The molecule has 3 nitrogen and oxygen atoms in total. The SMILES string of the molecule is CC.CC.COc1ccccc1.O=C(NC1=CC=CC1)C1(c2ccccc2)CC1. The van der Waals surface area contributed by atoms with E-state index in [0.717, 1.165) is 36.3 Å². The van der Waals surface area contributed by atoms with Gasteiger partial charge in [0.2, 0.25) is 5.91 Å². The predicted molar refractivity (Wildman–Crippen MR) is 123 cm³/mol. The van der Waals surface area contributed by atoms with E-state index in [1.807, 2.05) is 101 Å². The summed E-state index contributed by atoms with van der Waals surface area (Å²) >= 11 is 0. The highest BCUT2D eigenvalue weighted by atomic mass is 16.5. The van der Waals surface area contributed by atoms with Gasteiger partial charge < -0.3 is 10.1 Å². The van der Waals surface area contributed by atoms with Crippen LogP contribution in [0.2, 0.25) is 0 Å². The Morgan fingerprint density at radius 2 is 1.45 bits per heavy atom. The van der Waals surface area contributed by atoms with Crippen molar-refractivity contribution in [2.45, 2.75) is 52.4 Å². The lowest BCUT2D eigenvalue weighted by molar-refractivity contribution is -0.122. The molecule has 0 atom stereocenters. The summed E-state index contributed by atoms with van der Waals surface area (Å²) in [6, 6.07) is 19.8. The second kappa shape index (κ2) is 13.4. The van der Waals surface area contributed by atoms with Crippen molar-refractivity contribution >= 4 is 5.91 Å². The number of allylic oxidation sites excluding steroid dienone is 3. The third-order valence-corrected chi connectivity index (χ3v) is 4.54. The zero-order valence-corrected chi connectivity index (χ0v) is 18.4. The molecule has 1 N–H and O–H groups in total. The highest BCUT2D eigenvalue weighted by molar-refractivity contribution is 5.92. The van der Waals surface area contributed by atoms with Crippen LogP contribution < -0.4 is 10.1 Å². The summed E-state index contributed by atoms with van der Waals surface area (Å²) in [5.74, 6) is 1.06. The fourth-order valence-corrected chi connectivity index (χ4v) is 2.89. The summed E-state index contributed by atoms with van der Waals surface area (Å²) < 4.78 is 4.91. The van der Waals surface area contributed by atoms with Crippen LogP contribution in [0.4, 0.5) is 0 Å². The van der Waals surface area contributed by atoms with Crippen LogP contribution >= 0.6 is 0 Å². The molecule has 2 aliphatic rings. The van der Waals surface area contributed by atoms with Crippen molar-refractivity contribution in [3.8, 4) is 5.75 Å². The number of carbonyl (C=O) groups excluding carboxylic acids is 1. The van der Waals surface area contributed by atoms with Crippen molar-refractivity contribution in [2.75, 3.05) is 7.11 Å². The molecule has 0 bridgehead atoms. The van der Waals surface area contributed by atoms with E-state index >= 15 is 0 Å². The lowest BCUT2D eigenvalue weighted by atomic mass is 9.95. The molecule has 0 unspecified atom stereocenters. The van der Waals surface area contributed by atoms with E-state index < -0.39 is 0 Å². The maximum Gasteiger partial charge on any atom is 0.234 e. The van der Waals surface area contributed by atoms with Gasteiger partial charge in [-0.3, -0.25) is 4.79 Å². The quantitative estimate of drug-likeness (QED) is 0.650. The Bertz CT molecular complexity index is 760. The molecule has 1 saturated carbocycles. The topological polar surface area (TPSA) is 38.3 Å². The van der Waals surface area contributed by atoms with Gasteiger partial charge in [-0.2, -0.15) is 0 Å². The number of amides is 1. The van der Waals surface area contributed by atoms with Gasteiger partial charge in [0.25, 0.3) is 0 Å². The third kappa shape index (κ3) is 7.26. The second-order valence-corrected chi connectivity index (χ2v) is 6.24. The van der Waals surface area contributed by atoms with Gasteiger partial charge in [0.15, 0.2) is 0 Å². The molecule has 0 heterocycles. The first kappa shape index (κ1) is 24.2. The van der Waals surface area contributed by atoms with Crippen molar-refractivity contribution in [2.24, 2.45) is 0 Å². The van der Waals surface area contributed by atoms with Crippen LogP contribution in [-0.2, 0) is 10.2 Å². The van der Waals surface area contributed by atoms with Gasteiger partial charge >= 0.3 is 0 Å². The molecule has 2 aromatic rings. The maximum absolute atomic E-state index is 12.3. The van der Waals surface area contributed by atoms with E-state index in [4.69, 9.17) is 4.74 Å². The molecule has 29 heavy (non-hydrogen) atoms. The van der Waals surface area contributed by atoms with Gasteiger partial charge in [-0.25, -0.2) is 0 Å². The molecular weight excluding hydrogens is 358 g/mol. The number of nitrogens with one attached hydrogen (secondary N) is 1. The number of carbonyl (C=O) groups is 1. The molecule has 0 saturated heterocycles. The highest BCUT2D eigenvalue weighted by Crippen LogP contribution is 2.48. The van der Waals surface area contributed by atoms with Gasteiger partial charge in [0.05, 0.1) is 12.5 Å². The molecule has 2 aromatic carbocycles. The summed E-state index contributed by atoms with van der Waals surface area (Å²) in [5.41, 5.74) is 1.89. The van der Waals surface area contributed by atoms with Crippen LogP contribution in [0.5, 0.6) is 5.75 Å². The molecule has 0 radical (unpaired) electrons. The molecular formula is C26H35NO2. The minimum absolute atomic E-state index is 0.152. The number of methoxy groups -OCH3 is 1.